The van der Waals surface area contributed by atoms with E-state index in [1.165, 1.54) is 70.9 Å². The van der Waals surface area contributed by atoms with E-state index in [2.05, 4.69) is 21.9 Å². The van der Waals surface area contributed by atoms with Gasteiger partial charge in [0.05, 0.1) is 32.0 Å². The average molecular weight is 734 g/mol. The molecule has 0 aromatic carbocycles. The number of phosphoric acid groups is 1. The minimum Gasteiger partial charge on any atom is -0.387 e. The number of aromatic nitrogens is 2. The molecule has 2 aliphatic rings. The fourth-order valence-corrected chi connectivity index (χ4v) is 7.24. The van der Waals surface area contributed by atoms with Crippen molar-refractivity contribution in [1.29, 1.82) is 0 Å². The number of aromatic amines is 1. The van der Waals surface area contributed by atoms with Crippen molar-refractivity contribution in [3.63, 3.8) is 0 Å². The van der Waals surface area contributed by atoms with Gasteiger partial charge in [-0.05, 0) is 18.9 Å². The predicted molar refractivity (Wildman–Crippen MR) is 182 cm³/mol. The Kier molecular flexibility index (Phi) is 18.6. The molecule has 2 fully saturated rings. The van der Waals surface area contributed by atoms with E-state index in [1.54, 1.807) is 0 Å². The third kappa shape index (κ3) is 13.4. The molecule has 286 valence electrons. The van der Waals surface area contributed by atoms with Crippen molar-refractivity contribution < 1.29 is 48.0 Å². The van der Waals surface area contributed by atoms with E-state index in [-0.39, 0.29) is 18.6 Å². The topological polar surface area (TPSA) is 248 Å². The molecule has 18 heteroatoms. The Morgan fingerprint density at radius 1 is 0.860 bits per heavy atom. The first kappa shape index (κ1) is 42.3. The lowest BCUT2D eigenvalue weighted by molar-refractivity contribution is -0.285. The van der Waals surface area contributed by atoms with Gasteiger partial charge >= 0.3 is 13.5 Å². The van der Waals surface area contributed by atoms with Crippen molar-refractivity contribution in [3.05, 3.63) is 43.0 Å². The number of nitrogens with zero attached hydrogens (tertiary/aromatic N) is 4. The first-order valence-corrected chi connectivity index (χ1v) is 19.4. The van der Waals surface area contributed by atoms with Gasteiger partial charge in [0.15, 0.2) is 6.29 Å². The van der Waals surface area contributed by atoms with Gasteiger partial charge in [-0.25, -0.2) is 9.36 Å². The summed E-state index contributed by atoms with van der Waals surface area (Å²) in [6, 6.07) is -0.848. The van der Waals surface area contributed by atoms with Crippen molar-refractivity contribution in [2.45, 2.75) is 159 Å². The smallest absolute Gasteiger partial charge is 0.387 e. The molecule has 0 aliphatic carbocycles. The zero-order valence-electron chi connectivity index (χ0n) is 29.2. The molecule has 2 unspecified atom stereocenters. The van der Waals surface area contributed by atoms with Crippen LogP contribution in [0.1, 0.15) is 115 Å². The standard InChI is InChI=1S/C32H56N5O12P/c1-3-4-5-6-7-8-9-10-11-12-13-14-15-16-17-45-50(44,47-21-25-27(38)28(39)29(40)31(42)49-25)46-20-24-23(35-36-33)18-26(48-24)37-19-22(2)30(41)34-32(37)43/h19,23-29,31,38-40,42H,3-18,20-21H2,1-2H3,(H,34,41,43)/t23-,24+,25+,26+,27+,28-,29-,31?,50?/m0/s1. The van der Waals surface area contributed by atoms with Crippen molar-refractivity contribution in [1.82, 2.24) is 9.55 Å². The minimum atomic E-state index is -4.41. The Hall–Kier alpha value is -2.14. The Bertz CT molecular complexity index is 1360. The summed E-state index contributed by atoms with van der Waals surface area (Å²) in [5.41, 5.74) is 8.12. The van der Waals surface area contributed by atoms with Crippen LogP contribution < -0.4 is 11.2 Å². The quantitative estimate of drug-likeness (QED) is 0.0329. The second-order valence-corrected chi connectivity index (χ2v) is 14.8. The maximum Gasteiger partial charge on any atom is 0.474 e. The van der Waals surface area contributed by atoms with Gasteiger partial charge in [0.25, 0.3) is 5.56 Å². The molecule has 2 saturated heterocycles. The average Bonchev–Trinajstić information content (AvgIpc) is 3.49. The number of hydrogen-bond donors (Lipinski definition) is 5. The molecule has 3 rings (SSSR count). The van der Waals surface area contributed by atoms with Crippen LogP contribution in [0.5, 0.6) is 0 Å². The number of unbranched alkanes of at least 4 members (excludes halogenated alkanes) is 13. The largest absolute Gasteiger partial charge is 0.474 e. The van der Waals surface area contributed by atoms with Gasteiger partial charge < -0.3 is 29.9 Å². The maximum absolute atomic E-state index is 13.8. The zero-order valence-corrected chi connectivity index (χ0v) is 30.1. The molecule has 0 amide bonds. The number of hydrogen-bond acceptors (Lipinski definition) is 13. The van der Waals surface area contributed by atoms with Crippen molar-refractivity contribution in [2.75, 3.05) is 19.8 Å². The summed E-state index contributed by atoms with van der Waals surface area (Å²) >= 11 is 0. The van der Waals surface area contributed by atoms with E-state index >= 15 is 0 Å². The fraction of sp³-hybridized carbons (Fsp3) is 0.875. The van der Waals surface area contributed by atoms with Gasteiger partial charge in [-0.15, -0.1) is 0 Å². The van der Waals surface area contributed by atoms with Gasteiger partial charge in [-0.3, -0.25) is 27.9 Å². The lowest BCUT2D eigenvalue weighted by Gasteiger charge is -2.38. The van der Waals surface area contributed by atoms with E-state index in [1.807, 2.05) is 0 Å². The fourth-order valence-electron chi connectivity index (χ4n) is 6.01. The van der Waals surface area contributed by atoms with E-state index in [0.29, 0.717) is 6.42 Å². The van der Waals surface area contributed by atoms with Crippen LogP contribution in [-0.2, 0) is 27.6 Å². The Balaban J connectivity index is 1.52. The summed E-state index contributed by atoms with van der Waals surface area (Å²) in [7, 11) is -4.41. The number of aryl methyl sites for hydroxylation is 1. The molecule has 17 nitrogen and oxygen atoms in total. The van der Waals surface area contributed by atoms with Crippen LogP contribution in [0.3, 0.4) is 0 Å². The highest BCUT2D eigenvalue weighted by Gasteiger charge is 2.45. The molecule has 0 bridgehead atoms. The Morgan fingerprint density at radius 3 is 2.00 bits per heavy atom. The Morgan fingerprint density at radius 2 is 1.42 bits per heavy atom. The number of phosphoric ester groups is 1. The molecule has 0 radical (unpaired) electrons. The number of nitrogens with one attached hydrogen (secondary N) is 1. The van der Waals surface area contributed by atoms with Crippen LogP contribution in [0.2, 0.25) is 0 Å². The number of H-pyrrole nitrogens is 1. The molecule has 0 saturated carbocycles. The van der Waals surface area contributed by atoms with Crippen LogP contribution in [0.25, 0.3) is 10.4 Å². The lowest BCUT2D eigenvalue weighted by atomic mass is 10.00. The van der Waals surface area contributed by atoms with Gasteiger partial charge in [-0.2, -0.15) is 0 Å². The molecular formula is C32H56N5O12P. The van der Waals surface area contributed by atoms with E-state index < -0.39 is 81.4 Å². The van der Waals surface area contributed by atoms with E-state index in [9.17, 15) is 34.6 Å². The number of rotatable bonds is 24. The summed E-state index contributed by atoms with van der Waals surface area (Å²) in [5.74, 6) is 0. The van der Waals surface area contributed by atoms with Gasteiger partial charge in [0.1, 0.15) is 30.6 Å². The van der Waals surface area contributed by atoms with Crippen molar-refractivity contribution >= 4 is 7.82 Å². The highest BCUT2D eigenvalue weighted by molar-refractivity contribution is 7.48. The van der Waals surface area contributed by atoms with E-state index in [0.717, 1.165) is 30.3 Å². The second kappa shape index (κ2) is 22.0. The number of azide groups is 1. The molecule has 2 aliphatic heterocycles. The van der Waals surface area contributed by atoms with Crippen molar-refractivity contribution in [2.24, 2.45) is 5.11 Å². The first-order valence-electron chi connectivity index (χ1n) is 17.9. The minimum absolute atomic E-state index is 0.00727. The summed E-state index contributed by atoms with van der Waals surface area (Å²) in [4.78, 5) is 29.3. The summed E-state index contributed by atoms with van der Waals surface area (Å²) in [5, 5.41) is 43.7. The van der Waals surface area contributed by atoms with Crippen LogP contribution in [-0.4, -0.2) is 92.6 Å². The van der Waals surface area contributed by atoms with Crippen LogP contribution in [0, 0.1) is 6.92 Å². The molecular weight excluding hydrogens is 677 g/mol. The number of aliphatic hydroxyl groups is 4. The molecule has 3 heterocycles. The molecule has 0 spiro atoms. The Labute approximate surface area is 292 Å². The first-order chi connectivity index (χ1) is 24.0. The van der Waals surface area contributed by atoms with Crippen LogP contribution >= 0.6 is 7.82 Å². The van der Waals surface area contributed by atoms with Crippen molar-refractivity contribution in [3.8, 4) is 0 Å². The molecule has 1 aromatic heterocycles. The third-order valence-electron chi connectivity index (χ3n) is 9.09. The van der Waals surface area contributed by atoms with Gasteiger partial charge in [0, 0.05) is 23.1 Å². The highest BCUT2D eigenvalue weighted by atomic mass is 31.2. The maximum atomic E-state index is 13.8. The van der Waals surface area contributed by atoms with Crippen LogP contribution in [0.15, 0.2) is 20.9 Å². The normalized spacial score (nSPS) is 28.0. The summed E-state index contributed by atoms with van der Waals surface area (Å²) < 4.78 is 42.7. The SMILES string of the molecule is CCCCCCCCCCCCCCCCOP(=O)(OC[C@H]1OC(O)[C@@H](O)[C@@H](O)[C@@H]1O)OC[C@H]1O[C@@H](n2cc(C)c(=O)[nH]c2=O)C[C@@H]1N=[N+]=[N-]. The monoisotopic (exact) mass is 733 g/mol. The zero-order chi connectivity index (χ0) is 36.5. The molecule has 50 heavy (non-hydrogen) atoms. The molecule has 9 atom stereocenters. The molecule has 5 N–H and O–H groups in total. The second-order valence-electron chi connectivity index (χ2n) is 13.1. The number of ether oxygens (including phenoxy) is 2. The molecule has 1 aromatic rings. The highest BCUT2D eigenvalue weighted by Crippen LogP contribution is 2.51. The summed E-state index contributed by atoms with van der Waals surface area (Å²) in [6.45, 7) is 2.66. The summed E-state index contributed by atoms with van der Waals surface area (Å²) in [6.07, 6.45) is 7.21. The third-order valence-corrected chi connectivity index (χ3v) is 10.5. The predicted octanol–water partition coefficient (Wildman–Crippen LogP) is 4.25. The van der Waals surface area contributed by atoms with Crippen LogP contribution in [0.4, 0.5) is 0 Å². The lowest BCUT2D eigenvalue weighted by Crippen LogP contribution is -2.58. The van der Waals surface area contributed by atoms with Gasteiger partial charge in [0.2, 0.25) is 0 Å². The van der Waals surface area contributed by atoms with Gasteiger partial charge in [-0.1, -0.05) is 95.5 Å². The van der Waals surface area contributed by atoms with E-state index in [4.69, 9.17) is 28.6 Å². The number of aliphatic hydroxyl groups excluding tert-OH is 4.